The maximum Gasteiger partial charge on any atom is 0.231 e. The smallest absolute Gasteiger partial charge is 0.231 e. The molecule has 3 rings (SSSR count). The molecule has 4 nitrogen and oxygen atoms in total. The van der Waals surface area contributed by atoms with Crippen molar-refractivity contribution in [3.05, 3.63) is 53.6 Å². The molecule has 1 aliphatic rings. The first-order valence-corrected chi connectivity index (χ1v) is 7.00. The third-order valence-electron chi connectivity index (χ3n) is 3.76. The summed E-state index contributed by atoms with van der Waals surface area (Å²) in [6.07, 6.45) is 0.847. The van der Waals surface area contributed by atoms with E-state index in [0.29, 0.717) is 6.79 Å². The fraction of sp³-hybridized carbons (Fsp3) is 0.294. The van der Waals surface area contributed by atoms with Crippen LogP contribution in [0.25, 0.3) is 0 Å². The lowest BCUT2D eigenvalue weighted by Gasteiger charge is -2.18. The van der Waals surface area contributed by atoms with Crippen LogP contribution in [0.15, 0.2) is 42.5 Å². The highest BCUT2D eigenvalue weighted by atomic mass is 16.7. The summed E-state index contributed by atoms with van der Waals surface area (Å²) in [6, 6.07) is 14.4. The van der Waals surface area contributed by atoms with Crippen molar-refractivity contribution in [1.29, 1.82) is 0 Å². The Bertz CT molecular complexity index is 627. The van der Waals surface area contributed by atoms with Gasteiger partial charge in [0.05, 0.1) is 7.11 Å². The number of rotatable bonds is 5. The summed E-state index contributed by atoms with van der Waals surface area (Å²) in [7, 11) is 3.67. The molecule has 0 bridgehead atoms. The lowest BCUT2D eigenvalue weighted by atomic mass is 9.98. The molecule has 4 heteroatoms. The van der Waals surface area contributed by atoms with E-state index < -0.39 is 0 Å². The van der Waals surface area contributed by atoms with E-state index in [2.05, 4.69) is 17.4 Å². The van der Waals surface area contributed by atoms with Crippen molar-refractivity contribution in [1.82, 2.24) is 5.32 Å². The van der Waals surface area contributed by atoms with Gasteiger partial charge in [0.2, 0.25) is 6.79 Å². The van der Waals surface area contributed by atoms with E-state index in [1.54, 1.807) is 7.11 Å². The van der Waals surface area contributed by atoms with Crippen LogP contribution >= 0.6 is 0 Å². The Morgan fingerprint density at radius 2 is 1.95 bits per heavy atom. The minimum Gasteiger partial charge on any atom is -0.496 e. The second-order valence-electron chi connectivity index (χ2n) is 4.97. The summed E-state index contributed by atoms with van der Waals surface area (Å²) in [6.45, 7) is 0.301. The predicted octanol–water partition coefficient (Wildman–Crippen LogP) is 2.93. The Labute approximate surface area is 124 Å². The van der Waals surface area contributed by atoms with Crippen molar-refractivity contribution in [2.45, 2.75) is 12.5 Å². The van der Waals surface area contributed by atoms with Gasteiger partial charge in [-0.05, 0) is 42.8 Å². The molecule has 0 spiro atoms. The lowest BCUT2D eigenvalue weighted by molar-refractivity contribution is 0.174. The molecule has 1 heterocycles. The quantitative estimate of drug-likeness (QED) is 0.917. The summed E-state index contributed by atoms with van der Waals surface area (Å²) in [4.78, 5) is 0. The fourth-order valence-corrected chi connectivity index (χ4v) is 2.61. The maximum absolute atomic E-state index is 5.45. The van der Waals surface area contributed by atoms with Gasteiger partial charge < -0.3 is 19.5 Å². The SMILES string of the molecule is CNC(Cc1ccccc1OC)c1ccc2c(c1)OCO2. The van der Waals surface area contributed by atoms with Gasteiger partial charge in [0, 0.05) is 6.04 Å². The minimum absolute atomic E-state index is 0.191. The Hall–Kier alpha value is -2.20. The first-order chi connectivity index (χ1) is 10.3. The molecule has 0 aliphatic carbocycles. The Morgan fingerprint density at radius 1 is 1.14 bits per heavy atom. The summed E-state index contributed by atoms with van der Waals surface area (Å²) in [5.74, 6) is 2.54. The van der Waals surface area contributed by atoms with Gasteiger partial charge in [-0.3, -0.25) is 0 Å². The first kappa shape index (κ1) is 13.8. The number of ether oxygens (including phenoxy) is 3. The second-order valence-corrected chi connectivity index (χ2v) is 4.97. The van der Waals surface area contributed by atoms with Crippen LogP contribution in [0, 0.1) is 0 Å². The van der Waals surface area contributed by atoms with Crippen LogP contribution in [-0.2, 0) is 6.42 Å². The summed E-state index contributed by atoms with van der Waals surface area (Å²) >= 11 is 0. The number of methoxy groups -OCH3 is 1. The average Bonchev–Trinajstić information content (AvgIpc) is 3.00. The normalized spacial score (nSPS) is 14.0. The van der Waals surface area contributed by atoms with E-state index in [4.69, 9.17) is 14.2 Å². The number of fused-ring (bicyclic) bond motifs is 1. The van der Waals surface area contributed by atoms with Crippen molar-refractivity contribution < 1.29 is 14.2 Å². The standard InChI is InChI=1S/C17H19NO3/c1-18-14(9-13-5-3-4-6-15(13)19-2)12-7-8-16-17(10-12)21-11-20-16/h3-8,10,14,18H,9,11H2,1-2H3. The highest BCUT2D eigenvalue weighted by Gasteiger charge is 2.18. The molecule has 1 N–H and O–H groups in total. The van der Waals surface area contributed by atoms with Crippen LogP contribution in [0.5, 0.6) is 17.2 Å². The van der Waals surface area contributed by atoms with E-state index in [9.17, 15) is 0 Å². The zero-order chi connectivity index (χ0) is 14.7. The maximum atomic E-state index is 5.45. The number of hydrogen-bond acceptors (Lipinski definition) is 4. The van der Waals surface area contributed by atoms with Gasteiger partial charge in [0.1, 0.15) is 5.75 Å². The van der Waals surface area contributed by atoms with Crippen LogP contribution in [0.2, 0.25) is 0 Å². The molecule has 0 fully saturated rings. The Balaban J connectivity index is 1.85. The molecule has 0 saturated heterocycles. The molecule has 1 aliphatic heterocycles. The average molecular weight is 285 g/mol. The number of para-hydroxylation sites is 1. The molecule has 2 aromatic rings. The van der Waals surface area contributed by atoms with Crippen LogP contribution in [0.4, 0.5) is 0 Å². The largest absolute Gasteiger partial charge is 0.496 e. The molecule has 0 aromatic heterocycles. The molecule has 2 aromatic carbocycles. The molecule has 0 amide bonds. The monoisotopic (exact) mass is 285 g/mol. The van der Waals surface area contributed by atoms with Crippen molar-refractivity contribution in [2.24, 2.45) is 0 Å². The van der Waals surface area contributed by atoms with Crippen molar-refractivity contribution in [2.75, 3.05) is 21.0 Å². The van der Waals surface area contributed by atoms with Crippen LogP contribution in [-0.4, -0.2) is 21.0 Å². The lowest BCUT2D eigenvalue weighted by Crippen LogP contribution is -2.19. The summed E-state index contributed by atoms with van der Waals surface area (Å²) in [5, 5.41) is 3.36. The number of benzene rings is 2. The number of likely N-dealkylation sites (N-methyl/N-ethyl adjacent to an activating group) is 1. The molecule has 0 saturated carbocycles. The second kappa shape index (κ2) is 6.06. The van der Waals surface area contributed by atoms with Crippen molar-refractivity contribution in [3.8, 4) is 17.2 Å². The molecule has 21 heavy (non-hydrogen) atoms. The summed E-state index contributed by atoms with van der Waals surface area (Å²) < 4.78 is 16.2. The van der Waals surface area contributed by atoms with Crippen LogP contribution in [0.1, 0.15) is 17.2 Å². The van der Waals surface area contributed by atoms with Gasteiger partial charge in [-0.25, -0.2) is 0 Å². The van der Waals surface area contributed by atoms with Crippen LogP contribution < -0.4 is 19.5 Å². The highest BCUT2D eigenvalue weighted by molar-refractivity contribution is 5.46. The van der Waals surface area contributed by atoms with E-state index in [0.717, 1.165) is 23.7 Å². The van der Waals surface area contributed by atoms with Crippen molar-refractivity contribution >= 4 is 0 Å². The molecule has 1 atom stereocenters. The molecular formula is C17H19NO3. The van der Waals surface area contributed by atoms with Gasteiger partial charge >= 0.3 is 0 Å². The van der Waals surface area contributed by atoms with E-state index >= 15 is 0 Å². The van der Waals surface area contributed by atoms with E-state index in [1.165, 1.54) is 11.1 Å². The third-order valence-corrected chi connectivity index (χ3v) is 3.76. The zero-order valence-electron chi connectivity index (χ0n) is 12.3. The van der Waals surface area contributed by atoms with Gasteiger partial charge in [-0.2, -0.15) is 0 Å². The minimum atomic E-state index is 0.191. The predicted molar refractivity (Wildman–Crippen MR) is 81.1 cm³/mol. The topological polar surface area (TPSA) is 39.7 Å². The van der Waals surface area contributed by atoms with Crippen molar-refractivity contribution in [3.63, 3.8) is 0 Å². The molecule has 1 unspecified atom stereocenters. The summed E-state index contributed by atoms with van der Waals surface area (Å²) in [5.41, 5.74) is 2.35. The zero-order valence-corrected chi connectivity index (χ0v) is 12.3. The fourth-order valence-electron chi connectivity index (χ4n) is 2.61. The molecule has 110 valence electrons. The first-order valence-electron chi connectivity index (χ1n) is 7.00. The van der Waals surface area contributed by atoms with E-state index in [1.807, 2.05) is 37.4 Å². The Morgan fingerprint density at radius 3 is 2.76 bits per heavy atom. The third kappa shape index (κ3) is 2.81. The van der Waals surface area contributed by atoms with Gasteiger partial charge in [-0.1, -0.05) is 24.3 Å². The van der Waals surface area contributed by atoms with Gasteiger partial charge in [0.15, 0.2) is 11.5 Å². The number of nitrogens with one attached hydrogen (secondary N) is 1. The Kier molecular flexibility index (Phi) is 3.97. The number of hydrogen-bond donors (Lipinski definition) is 1. The molecular weight excluding hydrogens is 266 g/mol. The highest BCUT2D eigenvalue weighted by Crippen LogP contribution is 2.35. The molecule has 0 radical (unpaired) electrons. The van der Waals surface area contributed by atoms with Gasteiger partial charge in [0.25, 0.3) is 0 Å². The van der Waals surface area contributed by atoms with Crippen LogP contribution in [0.3, 0.4) is 0 Å². The van der Waals surface area contributed by atoms with Gasteiger partial charge in [-0.15, -0.1) is 0 Å². The van der Waals surface area contributed by atoms with E-state index in [-0.39, 0.29) is 6.04 Å².